The summed E-state index contributed by atoms with van der Waals surface area (Å²) in [5, 5.41) is 14.4. The highest BCUT2D eigenvalue weighted by Gasteiger charge is 2.32. The molecule has 1 aromatic rings. The Kier molecular flexibility index (Phi) is 5.56. The number of carbonyl (C=O) groups excluding carboxylic acids is 2. The van der Waals surface area contributed by atoms with Crippen molar-refractivity contribution in [3.8, 4) is 6.07 Å². The summed E-state index contributed by atoms with van der Waals surface area (Å²) in [5.41, 5.74) is 0.574. The van der Waals surface area contributed by atoms with E-state index in [1.807, 2.05) is 19.1 Å². The molecule has 0 spiro atoms. The normalized spacial score (nSPS) is 21.9. The Morgan fingerprint density at radius 1 is 1.45 bits per heavy atom. The fourth-order valence-electron chi connectivity index (χ4n) is 2.09. The first-order chi connectivity index (χ1) is 10.4. The summed E-state index contributed by atoms with van der Waals surface area (Å²) in [6.07, 6.45) is 0. The molecule has 2 amide bonds. The lowest BCUT2D eigenvalue weighted by Crippen LogP contribution is -2.51. The first-order valence-electron chi connectivity index (χ1n) is 6.77. The van der Waals surface area contributed by atoms with Gasteiger partial charge in [0.05, 0.1) is 40.7 Å². The van der Waals surface area contributed by atoms with Crippen LogP contribution >= 0.6 is 27.3 Å². The zero-order chi connectivity index (χ0) is 16.3. The quantitative estimate of drug-likeness (QED) is 0.822. The number of nitrogens with zero attached hydrogens (tertiary/aromatic N) is 1. The number of ether oxygens (including phenoxy) is 1. The summed E-state index contributed by atoms with van der Waals surface area (Å²) >= 11 is 4.86. The van der Waals surface area contributed by atoms with Gasteiger partial charge in [-0.15, -0.1) is 11.3 Å². The zero-order valence-electron chi connectivity index (χ0n) is 12.2. The zero-order valence-corrected chi connectivity index (χ0v) is 14.6. The standard InChI is InChI=1S/C14H16BrN3O3S/c1-7(4-16)13(19)17-10-5-21-6-11(10)18-14(20)9-3-8(2)22-12(9)15/h3,7,10-11H,5-6H2,1-2H3,(H,17,19)(H,18,20)/t7?,10-,11+/m1/s1. The van der Waals surface area contributed by atoms with Gasteiger partial charge in [0.15, 0.2) is 0 Å². The molecule has 8 heteroatoms. The maximum absolute atomic E-state index is 12.3. The van der Waals surface area contributed by atoms with Crippen LogP contribution in [0.3, 0.4) is 0 Å². The number of nitrogens with one attached hydrogen (secondary N) is 2. The molecule has 2 rings (SSSR count). The minimum atomic E-state index is -0.731. The lowest BCUT2D eigenvalue weighted by Gasteiger charge is -2.20. The summed E-state index contributed by atoms with van der Waals surface area (Å²) < 4.78 is 6.11. The molecule has 1 aliphatic rings. The van der Waals surface area contributed by atoms with Crippen molar-refractivity contribution in [3.05, 3.63) is 20.3 Å². The van der Waals surface area contributed by atoms with Crippen LogP contribution in [0.4, 0.5) is 0 Å². The van der Waals surface area contributed by atoms with Gasteiger partial charge in [-0.2, -0.15) is 5.26 Å². The summed E-state index contributed by atoms with van der Waals surface area (Å²) in [5.74, 6) is -1.30. The topological polar surface area (TPSA) is 91.2 Å². The minimum absolute atomic E-state index is 0.209. The lowest BCUT2D eigenvalue weighted by atomic mass is 10.1. The van der Waals surface area contributed by atoms with E-state index in [-0.39, 0.29) is 23.9 Å². The van der Waals surface area contributed by atoms with Gasteiger partial charge in [0.1, 0.15) is 5.92 Å². The van der Waals surface area contributed by atoms with Crippen molar-refractivity contribution < 1.29 is 14.3 Å². The van der Waals surface area contributed by atoms with Crippen LogP contribution in [0.5, 0.6) is 0 Å². The number of carbonyl (C=O) groups is 2. The fourth-order valence-corrected chi connectivity index (χ4v) is 3.87. The third-order valence-corrected chi connectivity index (χ3v) is 5.12. The SMILES string of the molecule is Cc1cc(C(=O)N[C@H]2COC[C@H]2NC(=O)C(C)C#N)c(Br)s1. The highest BCUT2D eigenvalue weighted by atomic mass is 79.9. The molecule has 0 aromatic carbocycles. The smallest absolute Gasteiger partial charge is 0.253 e. The second-order valence-electron chi connectivity index (χ2n) is 5.13. The van der Waals surface area contributed by atoms with Crippen molar-refractivity contribution in [1.82, 2.24) is 10.6 Å². The second kappa shape index (κ2) is 7.22. The number of halogens is 1. The fraction of sp³-hybridized carbons (Fsp3) is 0.500. The molecule has 2 N–H and O–H groups in total. The number of amides is 2. The molecule has 1 aromatic heterocycles. The van der Waals surface area contributed by atoms with Gasteiger partial charge in [0.2, 0.25) is 5.91 Å². The molecule has 0 bridgehead atoms. The van der Waals surface area contributed by atoms with Gasteiger partial charge >= 0.3 is 0 Å². The lowest BCUT2D eigenvalue weighted by molar-refractivity contribution is -0.123. The van der Waals surface area contributed by atoms with Crippen LogP contribution < -0.4 is 10.6 Å². The number of thiophene rings is 1. The van der Waals surface area contributed by atoms with E-state index in [1.54, 1.807) is 0 Å². The number of nitriles is 1. The van der Waals surface area contributed by atoms with Crippen molar-refractivity contribution in [1.29, 1.82) is 5.26 Å². The first-order valence-corrected chi connectivity index (χ1v) is 8.38. The van der Waals surface area contributed by atoms with Crippen LogP contribution in [0.25, 0.3) is 0 Å². The van der Waals surface area contributed by atoms with Crippen molar-refractivity contribution in [3.63, 3.8) is 0 Å². The number of rotatable bonds is 4. The van der Waals surface area contributed by atoms with Gasteiger partial charge in [0, 0.05) is 4.88 Å². The van der Waals surface area contributed by atoms with E-state index in [0.29, 0.717) is 18.8 Å². The van der Waals surface area contributed by atoms with Crippen LogP contribution in [-0.2, 0) is 9.53 Å². The molecule has 1 unspecified atom stereocenters. The van der Waals surface area contributed by atoms with Crippen molar-refractivity contribution in [2.24, 2.45) is 5.92 Å². The average Bonchev–Trinajstić information content (AvgIpc) is 3.04. The molecule has 1 fully saturated rings. The monoisotopic (exact) mass is 385 g/mol. The summed E-state index contributed by atoms with van der Waals surface area (Å²) in [6.45, 7) is 4.11. The average molecular weight is 386 g/mol. The molecular weight excluding hydrogens is 370 g/mol. The molecule has 1 aliphatic heterocycles. The summed E-state index contributed by atoms with van der Waals surface area (Å²) in [7, 11) is 0. The number of aryl methyl sites for hydroxylation is 1. The van der Waals surface area contributed by atoms with E-state index >= 15 is 0 Å². The van der Waals surface area contributed by atoms with Crippen molar-refractivity contribution in [2.45, 2.75) is 25.9 Å². The van der Waals surface area contributed by atoms with E-state index in [2.05, 4.69) is 26.6 Å². The number of hydrogen-bond donors (Lipinski definition) is 2. The Morgan fingerprint density at radius 3 is 2.64 bits per heavy atom. The van der Waals surface area contributed by atoms with E-state index < -0.39 is 5.92 Å². The van der Waals surface area contributed by atoms with Gasteiger partial charge in [0.25, 0.3) is 5.91 Å². The van der Waals surface area contributed by atoms with E-state index in [9.17, 15) is 9.59 Å². The molecule has 3 atom stereocenters. The van der Waals surface area contributed by atoms with Crippen LogP contribution in [0, 0.1) is 24.2 Å². The van der Waals surface area contributed by atoms with Crippen LogP contribution in [0.1, 0.15) is 22.2 Å². The van der Waals surface area contributed by atoms with Gasteiger partial charge in [-0.25, -0.2) is 0 Å². The predicted octanol–water partition coefficient (Wildman–Crippen LogP) is 1.59. The predicted molar refractivity (Wildman–Crippen MR) is 85.5 cm³/mol. The molecule has 22 heavy (non-hydrogen) atoms. The minimum Gasteiger partial charge on any atom is -0.377 e. The Morgan fingerprint density at radius 2 is 2.09 bits per heavy atom. The molecule has 0 saturated carbocycles. The first kappa shape index (κ1) is 16.9. The highest BCUT2D eigenvalue weighted by Crippen LogP contribution is 2.27. The Hall–Kier alpha value is -1.43. The van der Waals surface area contributed by atoms with Gasteiger partial charge < -0.3 is 15.4 Å². The van der Waals surface area contributed by atoms with Crippen LogP contribution in [-0.4, -0.2) is 37.1 Å². The molecule has 0 aliphatic carbocycles. The van der Waals surface area contributed by atoms with Gasteiger partial charge in [-0.3, -0.25) is 9.59 Å². The van der Waals surface area contributed by atoms with Gasteiger partial charge in [-0.1, -0.05) is 0 Å². The molecule has 118 valence electrons. The van der Waals surface area contributed by atoms with Crippen molar-refractivity contribution >= 4 is 39.1 Å². The highest BCUT2D eigenvalue weighted by molar-refractivity contribution is 9.11. The maximum atomic E-state index is 12.3. The summed E-state index contributed by atoms with van der Waals surface area (Å²) in [4.78, 5) is 25.1. The van der Waals surface area contributed by atoms with Crippen LogP contribution in [0.15, 0.2) is 9.85 Å². The molecule has 2 heterocycles. The van der Waals surface area contributed by atoms with E-state index in [1.165, 1.54) is 18.3 Å². The van der Waals surface area contributed by atoms with E-state index in [0.717, 1.165) is 8.66 Å². The third kappa shape index (κ3) is 3.85. The molecule has 1 saturated heterocycles. The Balaban J connectivity index is 1.99. The maximum Gasteiger partial charge on any atom is 0.253 e. The molecule has 0 radical (unpaired) electrons. The summed E-state index contributed by atoms with van der Waals surface area (Å²) in [6, 6.07) is 3.06. The van der Waals surface area contributed by atoms with Gasteiger partial charge in [-0.05, 0) is 35.8 Å². The largest absolute Gasteiger partial charge is 0.377 e. The van der Waals surface area contributed by atoms with Crippen LogP contribution in [0.2, 0.25) is 0 Å². The molecule has 6 nitrogen and oxygen atoms in total. The Labute approximate surface area is 141 Å². The Bertz CT molecular complexity index is 625. The number of hydrogen-bond acceptors (Lipinski definition) is 5. The second-order valence-corrected chi connectivity index (χ2v) is 7.70. The third-order valence-electron chi connectivity index (χ3n) is 3.37. The van der Waals surface area contributed by atoms with E-state index in [4.69, 9.17) is 10.00 Å². The van der Waals surface area contributed by atoms with Crippen molar-refractivity contribution in [2.75, 3.05) is 13.2 Å². The molecular formula is C14H16BrN3O3S.